The molecule has 0 saturated heterocycles. The fourth-order valence-corrected chi connectivity index (χ4v) is 3.04. The molecular formula is C18H20ClIN2O. The molecule has 23 heavy (non-hydrogen) atoms. The van der Waals surface area contributed by atoms with E-state index in [1.54, 1.807) is 12.1 Å². The second-order valence-corrected chi connectivity index (χ2v) is 7.06. The first-order valence-electron chi connectivity index (χ1n) is 7.52. The van der Waals surface area contributed by atoms with E-state index in [-0.39, 0.29) is 5.91 Å². The molecule has 1 amide bonds. The molecule has 122 valence electrons. The van der Waals surface area contributed by atoms with Crippen LogP contribution in [-0.2, 0) is 6.54 Å². The maximum absolute atomic E-state index is 12.2. The lowest BCUT2D eigenvalue weighted by molar-refractivity contribution is 0.0951. The van der Waals surface area contributed by atoms with Gasteiger partial charge in [0.1, 0.15) is 0 Å². The van der Waals surface area contributed by atoms with Gasteiger partial charge in [0.15, 0.2) is 0 Å². The monoisotopic (exact) mass is 442 g/mol. The lowest BCUT2D eigenvalue weighted by Gasteiger charge is -2.16. The highest BCUT2D eigenvalue weighted by molar-refractivity contribution is 14.1. The number of nitrogens with one attached hydrogen (secondary N) is 1. The van der Waals surface area contributed by atoms with Crippen LogP contribution in [0.2, 0.25) is 5.02 Å². The molecule has 0 unspecified atom stereocenters. The van der Waals surface area contributed by atoms with Crippen molar-refractivity contribution in [1.29, 1.82) is 0 Å². The zero-order valence-corrected chi connectivity index (χ0v) is 16.0. The minimum atomic E-state index is -0.0670. The van der Waals surface area contributed by atoms with Crippen LogP contribution in [0.5, 0.6) is 0 Å². The Bertz CT molecular complexity index is 649. The number of amides is 1. The van der Waals surface area contributed by atoms with Gasteiger partial charge in [0.2, 0.25) is 0 Å². The smallest absolute Gasteiger partial charge is 0.252 e. The van der Waals surface area contributed by atoms with Crippen molar-refractivity contribution in [3.63, 3.8) is 0 Å². The fraction of sp³-hybridized carbons (Fsp3) is 0.278. The number of carbonyl (C=O) groups is 1. The summed E-state index contributed by atoms with van der Waals surface area (Å²) in [7, 11) is 2.09. The van der Waals surface area contributed by atoms with Gasteiger partial charge >= 0.3 is 0 Å². The summed E-state index contributed by atoms with van der Waals surface area (Å²) in [5.74, 6) is -0.0670. The quantitative estimate of drug-likeness (QED) is 0.515. The Kier molecular flexibility index (Phi) is 7.33. The van der Waals surface area contributed by atoms with E-state index in [1.807, 2.05) is 12.1 Å². The highest BCUT2D eigenvalue weighted by Crippen LogP contribution is 2.17. The van der Waals surface area contributed by atoms with Gasteiger partial charge in [-0.1, -0.05) is 41.9 Å². The highest BCUT2D eigenvalue weighted by Gasteiger charge is 2.10. The predicted octanol–water partition coefficient (Wildman–Crippen LogP) is 4.20. The van der Waals surface area contributed by atoms with Crippen LogP contribution in [0, 0.1) is 3.57 Å². The van der Waals surface area contributed by atoms with Crippen molar-refractivity contribution < 1.29 is 4.79 Å². The van der Waals surface area contributed by atoms with Crippen molar-refractivity contribution in [2.24, 2.45) is 0 Å². The van der Waals surface area contributed by atoms with E-state index in [1.165, 1.54) is 5.56 Å². The van der Waals surface area contributed by atoms with E-state index < -0.39 is 0 Å². The van der Waals surface area contributed by atoms with Crippen molar-refractivity contribution in [3.05, 3.63) is 68.3 Å². The Morgan fingerprint density at radius 1 is 1.22 bits per heavy atom. The summed E-state index contributed by atoms with van der Waals surface area (Å²) in [5.41, 5.74) is 1.93. The second-order valence-electron chi connectivity index (χ2n) is 5.46. The van der Waals surface area contributed by atoms with Gasteiger partial charge in [-0.25, -0.2) is 0 Å². The summed E-state index contributed by atoms with van der Waals surface area (Å²) in [6.07, 6.45) is 0.909. The standard InChI is InChI=1S/C18H20ClIN2O/c1-22(13-14-6-3-2-4-7-14)11-5-10-21-18(23)16-12-15(19)8-9-17(16)20/h2-4,6-9,12H,5,10-11,13H2,1H3,(H,21,23). The van der Waals surface area contributed by atoms with Crippen LogP contribution >= 0.6 is 34.2 Å². The van der Waals surface area contributed by atoms with Gasteiger partial charge in [0.05, 0.1) is 5.56 Å². The largest absolute Gasteiger partial charge is 0.352 e. The normalized spacial score (nSPS) is 10.8. The van der Waals surface area contributed by atoms with Gasteiger partial charge in [0.25, 0.3) is 5.91 Å². The van der Waals surface area contributed by atoms with Crippen molar-refractivity contribution in [3.8, 4) is 0 Å². The Morgan fingerprint density at radius 3 is 2.70 bits per heavy atom. The summed E-state index contributed by atoms with van der Waals surface area (Å²) in [5, 5.41) is 3.54. The van der Waals surface area contributed by atoms with Crippen LogP contribution in [-0.4, -0.2) is 30.9 Å². The van der Waals surface area contributed by atoms with Crippen LogP contribution < -0.4 is 5.32 Å². The van der Waals surface area contributed by atoms with Crippen LogP contribution in [0.15, 0.2) is 48.5 Å². The first-order chi connectivity index (χ1) is 11.1. The molecule has 3 nitrogen and oxygen atoms in total. The SMILES string of the molecule is CN(CCCNC(=O)c1cc(Cl)ccc1I)Cc1ccccc1. The number of nitrogens with zero attached hydrogens (tertiary/aromatic N) is 1. The minimum Gasteiger partial charge on any atom is -0.352 e. The minimum absolute atomic E-state index is 0.0670. The summed E-state index contributed by atoms with van der Waals surface area (Å²) >= 11 is 8.10. The third-order valence-corrected chi connectivity index (χ3v) is 4.65. The van der Waals surface area contributed by atoms with E-state index in [0.717, 1.165) is 23.1 Å². The van der Waals surface area contributed by atoms with Gasteiger partial charge in [-0.15, -0.1) is 0 Å². The molecule has 0 radical (unpaired) electrons. The molecule has 0 spiro atoms. The van der Waals surface area contributed by atoms with Crippen LogP contribution in [0.4, 0.5) is 0 Å². The van der Waals surface area contributed by atoms with E-state index in [9.17, 15) is 4.79 Å². The molecule has 0 aliphatic rings. The summed E-state index contributed by atoms with van der Waals surface area (Å²) in [6, 6.07) is 15.7. The number of hydrogen-bond donors (Lipinski definition) is 1. The maximum atomic E-state index is 12.2. The summed E-state index contributed by atoms with van der Waals surface area (Å²) < 4.78 is 0.908. The lowest BCUT2D eigenvalue weighted by atomic mass is 10.2. The Balaban J connectivity index is 1.72. The highest BCUT2D eigenvalue weighted by atomic mass is 127. The number of hydrogen-bond acceptors (Lipinski definition) is 2. The third-order valence-electron chi connectivity index (χ3n) is 3.47. The lowest BCUT2D eigenvalue weighted by Crippen LogP contribution is -2.28. The van der Waals surface area contributed by atoms with E-state index in [2.05, 4.69) is 64.1 Å². The first-order valence-corrected chi connectivity index (χ1v) is 8.97. The van der Waals surface area contributed by atoms with Gasteiger partial charge in [0, 0.05) is 21.7 Å². The maximum Gasteiger partial charge on any atom is 0.252 e. The van der Waals surface area contributed by atoms with Crippen molar-refractivity contribution in [2.45, 2.75) is 13.0 Å². The van der Waals surface area contributed by atoms with Gasteiger partial charge in [-0.05, 0) is 66.4 Å². The van der Waals surface area contributed by atoms with Gasteiger partial charge in [-0.3, -0.25) is 4.79 Å². The molecule has 0 aliphatic heterocycles. The molecule has 0 aromatic heterocycles. The molecule has 0 saturated carbocycles. The Hall–Kier alpha value is -1.11. The molecule has 2 rings (SSSR count). The topological polar surface area (TPSA) is 32.3 Å². The molecule has 1 N–H and O–H groups in total. The van der Waals surface area contributed by atoms with Crippen molar-refractivity contribution in [1.82, 2.24) is 10.2 Å². The molecule has 0 atom stereocenters. The molecule has 0 aliphatic carbocycles. The van der Waals surface area contributed by atoms with Gasteiger partial charge < -0.3 is 10.2 Å². The van der Waals surface area contributed by atoms with E-state index in [0.29, 0.717) is 17.1 Å². The van der Waals surface area contributed by atoms with E-state index >= 15 is 0 Å². The molecular weight excluding hydrogens is 423 g/mol. The van der Waals surface area contributed by atoms with Crippen molar-refractivity contribution in [2.75, 3.05) is 20.1 Å². The number of benzene rings is 2. The average Bonchev–Trinajstić information content (AvgIpc) is 2.54. The van der Waals surface area contributed by atoms with E-state index in [4.69, 9.17) is 11.6 Å². The molecule has 0 bridgehead atoms. The van der Waals surface area contributed by atoms with Crippen LogP contribution in [0.25, 0.3) is 0 Å². The van der Waals surface area contributed by atoms with Crippen LogP contribution in [0.1, 0.15) is 22.3 Å². The zero-order chi connectivity index (χ0) is 16.7. The Labute approximate surface area is 156 Å². The third kappa shape index (κ3) is 6.12. The average molecular weight is 443 g/mol. The number of rotatable bonds is 7. The summed E-state index contributed by atoms with van der Waals surface area (Å²) in [6.45, 7) is 2.50. The first kappa shape index (κ1) is 18.2. The summed E-state index contributed by atoms with van der Waals surface area (Å²) in [4.78, 5) is 14.4. The predicted molar refractivity (Wildman–Crippen MR) is 104 cm³/mol. The van der Waals surface area contributed by atoms with Crippen LogP contribution in [0.3, 0.4) is 0 Å². The molecule has 0 heterocycles. The molecule has 2 aromatic carbocycles. The van der Waals surface area contributed by atoms with Gasteiger partial charge in [-0.2, -0.15) is 0 Å². The molecule has 5 heteroatoms. The second kappa shape index (κ2) is 9.25. The molecule has 0 fully saturated rings. The zero-order valence-electron chi connectivity index (χ0n) is 13.1. The van der Waals surface area contributed by atoms with Crippen molar-refractivity contribution >= 4 is 40.1 Å². The molecule has 2 aromatic rings. The Morgan fingerprint density at radius 2 is 1.96 bits per heavy atom. The fourth-order valence-electron chi connectivity index (χ4n) is 2.29. The number of carbonyl (C=O) groups excluding carboxylic acids is 1. The number of halogens is 2.